The summed E-state index contributed by atoms with van der Waals surface area (Å²) in [5.41, 5.74) is 4.28. The zero-order chi connectivity index (χ0) is 14.8. The Kier molecular flexibility index (Phi) is 4.51. The lowest BCUT2D eigenvalue weighted by Crippen LogP contribution is -2.44. The number of piperidine rings is 1. The molecule has 1 aromatic carbocycles. The third-order valence-electron chi connectivity index (χ3n) is 5.41. The summed E-state index contributed by atoms with van der Waals surface area (Å²) in [6.07, 6.45) is 4.23. The molecule has 0 amide bonds. The summed E-state index contributed by atoms with van der Waals surface area (Å²) in [6.45, 7) is 9.17. The fraction of sp³-hybridized carbons (Fsp3) is 0.667. The molecule has 3 nitrogen and oxygen atoms in total. The summed E-state index contributed by atoms with van der Waals surface area (Å²) in [5.74, 6) is 0. The van der Waals surface area contributed by atoms with Crippen molar-refractivity contribution in [3.05, 3.63) is 29.3 Å². The highest BCUT2D eigenvalue weighted by molar-refractivity contribution is 5.56. The first-order chi connectivity index (χ1) is 10.2. The van der Waals surface area contributed by atoms with E-state index >= 15 is 0 Å². The number of ether oxygens (including phenoxy) is 1. The van der Waals surface area contributed by atoms with Crippen LogP contribution < -0.4 is 4.90 Å². The topological polar surface area (TPSA) is 15.7 Å². The SMILES string of the molecule is CO[C@H]1CCN(C2CCN(c3cccc(C)c3C)CC2)C1. The second-order valence-corrected chi connectivity index (χ2v) is 6.58. The van der Waals surface area contributed by atoms with Gasteiger partial charge in [-0.15, -0.1) is 0 Å². The van der Waals surface area contributed by atoms with E-state index in [4.69, 9.17) is 4.74 Å². The van der Waals surface area contributed by atoms with Crippen LogP contribution in [0.1, 0.15) is 30.4 Å². The average Bonchev–Trinajstić information content (AvgIpc) is 2.99. The van der Waals surface area contributed by atoms with Crippen LogP contribution >= 0.6 is 0 Å². The lowest BCUT2D eigenvalue weighted by molar-refractivity contribution is 0.0975. The van der Waals surface area contributed by atoms with E-state index in [0.717, 1.165) is 12.6 Å². The molecular weight excluding hydrogens is 260 g/mol. The van der Waals surface area contributed by atoms with Gasteiger partial charge in [-0.05, 0) is 50.3 Å². The smallest absolute Gasteiger partial charge is 0.0710 e. The van der Waals surface area contributed by atoms with Gasteiger partial charge in [-0.2, -0.15) is 0 Å². The Balaban J connectivity index is 1.59. The molecule has 2 fully saturated rings. The number of aryl methyl sites for hydroxylation is 1. The van der Waals surface area contributed by atoms with Gasteiger partial charge >= 0.3 is 0 Å². The molecule has 2 aliphatic rings. The van der Waals surface area contributed by atoms with E-state index < -0.39 is 0 Å². The van der Waals surface area contributed by atoms with Crippen molar-refractivity contribution in [2.75, 3.05) is 38.2 Å². The minimum Gasteiger partial charge on any atom is -0.380 e. The highest BCUT2D eigenvalue weighted by Gasteiger charge is 2.30. The minimum atomic E-state index is 0.460. The molecule has 1 atom stereocenters. The predicted molar refractivity (Wildman–Crippen MR) is 88.1 cm³/mol. The maximum atomic E-state index is 5.50. The van der Waals surface area contributed by atoms with Gasteiger partial charge < -0.3 is 9.64 Å². The van der Waals surface area contributed by atoms with E-state index in [1.54, 1.807) is 0 Å². The molecule has 3 heteroatoms. The van der Waals surface area contributed by atoms with Crippen LogP contribution in [0.5, 0.6) is 0 Å². The number of hydrogen-bond donors (Lipinski definition) is 0. The van der Waals surface area contributed by atoms with E-state index in [0.29, 0.717) is 6.10 Å². The summed E-state index contributed by atoms with van der Waals surface area (Å²) >= 11 is 0. The highest BCUT2D eigenvalue weighted by atomic mass is 16.5. The number of anilines is 1. The maximum absolute atomic E-state index is 5.50. The van der Waals surface area contributed by atoms with Crippen molar-refractivity contribution in [3.63, 3.8) is 0 Å². The number of methoxy groups -OCH3 is 1. The van der Waals surface area contributed by atoms with Crippen molar-refractivity contribution in [1.29, 1.82) is 0 Å². The monoisotopic (exact) mass is 288 g/mol. The maximum Gasteiger partial charge on any atom is 0.0710 e. The second-order valence-electron chi connectivity index (χ2n) is 6.58. The molecule has 2 heterocycles. The van der Waals surface area contributed by atoms with Crippen LogP contribution in [0.2, 0.25) is 0 Å². The van der Waals surface area contributed by atoms with Crippen molar-refractivity contribution in [1.82, 2.24) is 4.90 Å². The molecular formula is C18H28N2O. The van der Waals surface area contributed by atoms with Crippen LogP contribution in [0.15, 0.2) is 18.2 Å². The minimum absolute atomic E-state index is 0.460. The standard InChI is InChI=1S/C18H28N2O/c1-14-5-4-6-18(15(14)2)19-10-7-16(8-11-19)20-12-9-17(13-20)21-3/h4-6,16-17H,7-13H2,1-3H3/t17-/m0/s1. The summed E-state index contributed by atoms with van der Waals surface area (Å²) in [5, 5.41) is 0. The third-order valence-corrected chi connectivity index (χ3v) is 5.41. The summed E-state index contributed by atoms with van der Waals surface area (Å²) in [7, 11) is 1.84. The molecule has 0 saturated carbocycles. The summed E-state index contributed by atoms with van der Waals surface area (Å²) < 4.78 is 5.50. The normalized spacial score (nSPS) is 24.7. The van der Waals surface area contributed by atoms with E-state index in [9.17, 15) is 0 Å². The van der Waals surface area contributed by atoms with Crippen LogP contribution in [-0.2, 0) is 4.74 Å². The Morgan fingerprint density at radius 2 is 1.81 bits per heavy atom. The quantitative estimate of drug-likeness (QED) is 0.850. The Hall–Kier alpha value is -1.06. The lowest BCUT2D eigenvalue weighted by Gasteiger charge is -2.38. The molecule has 116 valence electrons. The van der Waals surface area contributed by atoms with Gasteiger partial charge in [-0.3, -0.25) is 4.90 Å². The van der Waals surface area contributed by atoms with E-state index in [-0.39, 0.29) is 0 Å². The second kappa shape index (κ2) is 6.37. The van der Waals surface area contributed by atoms with Crippen molar-refractivity contribution in [2.45, 2.75) is 45.3 Å². The van der Waals surface area contributed by atoms with Gasteiger partial charge in [-0.1, -0.05) is 12.1 Å². The molecule has 0 radical (unpaired) electrons. The Morgan fingerprint density at radius 3 is 2.48 bits per heavy atom. The molecule has 0 bridgehead atoms. The Bertz CT molecular complexity index is 480. The van der Waals surface area contributed by atoms with Crippen LogP contribution in [0, 0.1) is 13.8 Å². The molecule has 2 saturated heterocycles. The number of benzene rings is 1. The third kappa shape index (κ3) is 3.09. The molecule has 0 spiro atoms. The van der Waals surface area contributed by atoms with Gasteiger partial charge in [0.25, 0.3) is 0 Å². The van der Waals surface area contributed by atoms with Gasteiger partial charge in [0.1, 0.15) is 0 Å². The first-order valence-electron chi connectivity index (χ1n) is 8.27. The number of likely N-dealkylation sites (tertiary alicyclic amines) is 1. The summed E-state index contributed by atoms with van der Waals surface area (Å²) in [6, 6.07) is 7.43. The van der Waals surface area contributed by atoms with Crippen LogP contribution in [0.3, 0.4) is 0 Å². The zero-order valence-corrected chi connectivity index (χ0v) is 13.6. The molecule has 1 aromatic rings. The van der Waals surface area contributed by atoms with Crippen LogP contribution in [-0.4, -0.2) is 50.3 Å². The van der Waals surface area contributed by atoms with Gasteiger partial charge in [-0.25, -0.2) is 0 Å². The summed E-state index contributed by atoms with van der Waals surface area (Å²) in [4.78, 5) is 5.22. The van der Waals surface area contributed by atoms with E-state index in [1.807, 2.05) is 7.11 Å². The molecule has 2 aliphatic heterocycles. The molecule has 21 heavy (non-hydrogen) atoms. The van der Waals surface area contributed by atoms with Crippen molar-refractivity contribution >= 4 is 5.69 Å². The number of rotatable bonds is 3. The average molecular weight is 288 g/mol. The van der Waals surface area contributed by atoms with Gasteiger partial charge in [0.15, 0.2) is 0 Å². The van der Waals surface area contributed by atoms with E-state index in [1.165, 1.54) is 55.7 Å². The van der Waals surface area contributed by atoms with Gasteiger partial charge in [0.2, 0.25) is 0 Å². The molecule has 0 N–H and O–H groups in total. The molecule has 0 aromatic heterocycles. The first-order valence-corrected chi connectivity index (χ1v) is 8.27. The van der Waals surface area contributed by atoms with Gasteiger partial charge in [0.05, 0.1) is 6.10 Å². The molecule has 3 rings (SSSR count). The van der Waals surface area contributed by atoms with E-state index in [2.05, 4.69) is 41.8 Å². The van der Waals surface area contributed by atoms with Crippen LogP contribution in [0.25, 0.3) is 0 Å². The number of hydrogen-bond acceptors (Lipinski definition) is 3. The molecule has 0 aliphatic carbocycles. The zero-order valence-electron chi connectivity index (χ0n) is 13.6. The number of nitrogens with zero attached hydrogens (tertiary/aromatic N) is 2. The fourth-order valence-corrected chi connectivity index (χ4v) is 3.83. The Labute approximate surface area is 128 Å². The first kappa shape index (κ1) is 14.9. The van der Waals surface area contributed by atoms with Gasteiger partial charge in [0, 0.05) is 45.0 Å². The van der Waals surface area contributed by atoms with Crippen LogP contribution in [0.4, 0.5) is 5.69 Å². The lowest BCUT2D eigenvalue weighted by atomic mass is 10.0. The van der Waals surface area contributed by atoms with Crippen molar-refractivity contribution < 1.29 is 4.74 Å². The highest BCUT2D eigenvalue weighted by Crippen LogP contribution is 2.28. The Morgan fingerprint density at radius 1 is 1.05 bits per heavy atom. The largest absolute Gasteiger partial charge is 0.380 e. The van der Waals surface area contributed by atoms with Crippen molar-refractivity contribution in [3.8, 4) is 0 Å². The molecule has 0 unspecified atom stereocenters. The van der Waals surface area contributed by atoms with Crippen molar-refractivity contribution in [2.24, 2.45) is 0 Å². The fourth-order valence-electron chi connectivity index (χ4n) is 3.83. The predicted octanol–water partition coefficient (Wildman–Crippen LogP) is 2.99.